The second kappa shape index (κ2) is 6.23. The molecular formula is C14H19FN2S. The van der Waals surface area contributed by atoms with Crippen molar-refractivity contribution in [2.24, 2.45) is 10.9 Å². The van der Waals surface area contributed by atoms with E-state index in [1.165, 1.54) is 18.6 Å². The van der Waals surface area contributed by atoms with Crippen LogP contribution in [-0.2, 0) is 6.54 Å². The van der Waals surface area contributed by atoms with E-state index in [0.717, 1.165) is 16.5 Å². The van der Waals surface area contributed by atoms with Gasteiger partial charge in [0.25, 0.3) is 0 Å². The van der Waals surface area contributed by atoms with Crippen LogP contribution in [-0.4, -0.2) is 17.0 Å². The van der Waals surface area contributed by atoms with E-state index in [2.05, 4.69) is 24.2 Å². The first-order valence-corrected chi connectivity index (χ1v) is 7.32. The monoisotopic (exact) mass is 266 g/mol. The molecule has 1 unspecified atom stereocenters. The average molecular weight is 266 g/mol. The third-order valence-corrected chi connectivity index (χ3v) is 4.04. The molecule has 2 nitrogen and oxygen atoms in total. The highest BCUT2D eigenvalue weighted by molar-refractivity contribution is 8.13. The van der Waals surface area contributed by atoms with Crippen LogP contribution in [0.25, 0.3) is 0 Å². The molecule has 1 heterocycles. The summed E-state index contributed by atoms with van der Waals surface area (Å²) in [4.78, 5) is 4.53. The van der Waals surface area contributed by atoms with E-state index in [0.29, 0.717) is 18.5 Å². The summed E-state index contributed by atoms with van der Waals surface area (Å²) in [5, 5.41) is 4.45. The molecule has 98 valence electrons. The standard InChI is InChI=1S/C14H19FN2S/c1-10(2)13-6-7-18-14(17-13)16-9-11-4-3-5-12(15)8-11/h3-5,8,10,13H,6-7,9H2,1-2H3,(H,16,17). The van der Waals surface area contributed by atoms with Crippen molar-refractivity contribution in [2.45, 2.75) is 32.9 Å². The Labute approximate surface area is 112 Å². The Morgan fingerprint density at radius 1 is 1.50 bits per heavy atom. The molecule has 1 aliphatic rings. The Kier molecular flexibility index (Phi) is 4.64. The number of amidine groups is 1. The van der Waals surface area contributed by atoms with Gasteiger partial charge in [0.05, 0.1) is 6.54 Å². The number of aliphatic imine (C=N–C) groups is 1. The molecule has 4 heteroatoms. The number of hydrogen-bond donors (Lipinski definition) is 1. The Morgan fingerprint density at radius 2 is 2.33 bits per heavy atom. The predicted molar refractivity (Wildman–Crippen MR) is 76.4 cm³/mol. The Hall–Kier alpha value is -1.03. The lowest BCUT2D eigenvalue weighted by Crippen LogP contribution is -2.41. The van der Waals surface area contributed by atoms with Crippen LogP contribution in [0.2, 0.25) is 0 Å². The predicted octanol–water partition coefficient (Wildman–Crippen LogP) is 3.43. The lowest BCUT2D eigenvalue weighted by atomic mass is 10.0. The third kappa shape index (κ3) is 3.73. The van der Waals surface area contributed by atoms with Crippen molar-refractivity contribution in [3.63, 3.8) is 0 Å². The smallest absolute Gasteiger partial charge is 0.157 e. The Morgan fingerprint density at radius 3 is 3.06 bits per heavy atom. The van der Waals surface area contributed by atoms with Gasteiger partial charge >= 0.3 is 0 Å². The summed E-state index contributed by atoms with van der Waals surface area (Å²) in [6, 6.07) is 7.14. The molecule has 1 aliphatic heterocycles. The quantitative estimate of drug-likeness (QED) is 0.906. The van der Waals surface area contributed by atoms with Crippen molar-refractivity contribution in [1.82, 2.24) is 5.32 Å². The summed E-state index contributed by atoms with van der Waals surface area (Å²) in [5.41, 5.74) is 0.913. The van der Waals surface area contributed by atoms with Gasteiger partial charge in [-0.1, -0.05) is 37.7 Å². The first-order valence-electron chi connectivity index (χ1n) is 6.33. The fourth-order valence-corrected chi connectivity index (χ4v) is 2.90. The lowest BCUT2D eigenvalue weighted by Gasteiger charge is -2.28. The maximum atomic E-state index is 13.0. The van der Waals surface area contributed by atoms with Crippen molar-refractivity contribution in [3.05, 3.63) is 35.6 Å². The SMILES string of the molecule is CC(C)C1CCSC(=NCc2cccc(F)c2)N1. The maximum absolute atomic E-state index is 13.0. The second-order valence-electron chi connectivity index (χ2n) is 4.88. The lowest BCUT2D eigenvalue weighted by molar-refractivity contribution is 0.442. The van der Waals surface area contributed by atoms with Crippen molar-refractivity contribution in [3.8, 4) is 0 Å². The Balaban J connectivity index is 1.96. The Bertz CT molecular complexity index is 432. The van der Waals surface area contributed by atoms with E-state index in [9.17, 15) is 4.39 Å². The molecule has 1 N–H and O–H groups in total. The molecule has 0 amide bonds. The molecule has 1 aromatic rings. The molecule has 1 fully saturated rings. The normalized spacial score (nSPS) is 22.2. The average Bonchev–Trinajstić information content (AvgIpc) is 2.37. The first kappa shape index (κ1) is 13.4. The summed E-state index contributed by atoms with van der Waals surface area (Å²) in [6.45, 7) is 4.98. The fraction of sp³-hybridized carbons (Fsp3) is 0.500. The molecule has 0 aromatic heterocycles. The van der Waals surface area contributed by atoms with Gasteiger partial charge in [0.15, 0.2) is 5.17 Å². The minimum atomic E-state index is -0.197. The van der Waals surface area contributed by atoms with Crippen LogP contribution in [0.15, 0.2) is 29.3 Å². The number of thioether (sulfide) groups is 1. The number of nitrogens with zero attached hydrogens (tertiary/aromatic N) is 1. The highest BCUT2D eigenvalue weighted by Gasteiger charge is 2.19. The molecule has 1 aromatic carbocycles. The summed E-state index contributed by atoms with van der Waals surface area (Å²) in [6.07, 6.45) is 1.18. The summed E-state index contributed by atoms with van der Waals surface area (Å²) in [7, 11) is 0. The van der Waals surface area contributed by atoms with Crippen LogP contribution in [0, 0.1) is 11.7 Å². The summed E-state index contributed by atoms with van der Waals surface area (Å²) >= 11 is 1.75. The van der Waals surface area contributed by atoms with Gasteiger partial charge in [-0.15, -0.1) is 0 Å². The van der Waals surface area contributed by atoms with Crippen LogP contribution >= 0.6 is 11.8 Å². The van der Waals surface area contributed by atoms with Crippen molar-refractivity contribution < 1.29 is 4.39 Å². The highest BCUT2D eigenvalue weighted by atomic mass is 32.2. The van der Waals surface area contributed by atoms with Crippen LogP contribution in [0.3, 0.4) is 0 Å². The van der Waals surface area contributed by atoms with Crippen molar-refractivity contribution in [2.75, 3.05) is 5.75 Å². The zero-order valence-corrected chi connectivity index (χ0v) is 11.6. The van der Waals surface area contributed by atoms with Crippen molar-refractivity contribution >= 4 is 16.9 Å². The van der Waals surface area contributed by atoms with Gasteiger partial charge in [-0.3, -0.25) is 4.99 Å². The number of hydrogen-bond acceptors (Lipinski definition) is 2. The van der Waals surface area contributed by atoms with Gasteiger partial charge in [-0.25, -0.2) is 4.39 Å². The van der Waals surface area contributed by atoms with Crippen LogP contribution in [0.1, 0.15) is 25.8 Å². The van der Waals surface area contributed by atoms with Crippen LogP contribution in [0.5, 0.6) is 0 Å². The zero-order chi connectivity index (χ0) is 13.0. The number of benzene rings is 1. The van der Waals surface area contributed by atoms with E-state index in [1.54, 1.807) is 17.8 Å². The van der Waals surface area contributed by atoms with Gasteiger partial charge in [0.1, 0.15) is 5.82 Å². The number of halogens is 1. The summed E-state index contributed by atoms with van der Waals surface area (Å²) < 4.78 is 13.0. The highest BCUT2D eigenvalue weighted by Crippen LogP contribution is 2.19. The maximum Gasteiger partial charge on any atom is 0.157 e. The van der Waals surface area contributed by atoms with E-state index in [4.69, 9.17) is 0 Å². The minimum absolute atomic E-state index is 0.197. The number of nitrogens with one attached hydrogen (secondary N) is 1. The van der Waals surface area contributed by atoms with Gasteiger partial charge in [-0.2, -0.15) is 0 Å². The molecular weight excluding hydrogens is 247 g/mol. The molecule has 1 atom stereocenters. The van der Waals surface area contributed by atoms with E-state index >= 15 is 0 Å². The van der Waals surface area contributed by atoms with Gasteiger partial charge in [0, 0.05) is 11.8 Å². The van der Waals surface area contributed by atoms with Gasteiger partial charge in [-0.05, 0) is 30.0 Å². The largest absolute Gasteiger partial charge is 0.362 e. The second-order valence-corrected chi connectivity index (χ2v) is 5.97. The molecule has 0 aliphatic carbocycles. The van der Waals surface area contributed by atoms with E-state index in [-0.39, 0.29) is 5.82 Å². The molecule has 2 rings (SSSR count). The zero-order valence-electron chi connectivity index (χ0n) is 10.8. The van der Waals surface area contributed by atoms with Gasteiger partial charge < -0.3 is 5.32 Å². The molecule has 0 radical (unpaired) electrons. The van der Waals surface area contributed by atoms with Crippen LogP contribution < -0.4 is 5.32 Å². The molecule has 18 heavy (non-hydrogen) atoms. The molecule has 0 saturated carbocycles. The fourth-order valence-electron chi connectivity index (χ4n) is 1.94. The van der Waals surface area contributed by atoms with E-state index in [1.807, 2.05) is 6.07 Å². The first-order chi connectivity index (χ1) is 8.65. The minimum Gasteiger partial charge on any atom is -0.362 e. The molecule has 0 bridgehead atoms. The van der Waals surface area contributed by atoms with Gasteiger partial charge in [0.2, 0.25) is 0 Å². The van der Waals surface area contributed by atoms with E-state index < -0.39 is 0 Å². The summed E-state index contributed by atoms with van der Waals surface area (Å²) in [5.74, 6) is 1.53. The molecule has 1 saturated heterocycles. The topological polar surface area (TPSA) is 24.4 Å². The number of rotatable bonds is 3. The van der Waals surface area contributed by atoms with Crippen molar-refractivity contribution in [1.29, 1.82) is 0 Å². The van der Waals surface area contributed by atoms with Crippen LogP contribution in [0.4, 0.5) is 4.39 Å². The molecule has 0 spiro atoms. The third-order valence-electron chi connectivity index (χ3n) is 3.08.